The molecule has 11 rings (SSSR count). The van der Waals surface area contributed by atoms with Crippen molar-refractivity contribution in [3.63, 3.8) is 0 Å². The van der Waals surface area contributed by atoms with Crippen LogP contribution in [0.15, 0.2) is 206 Å². The van der Waals surface area contributed by atoms with Crippen molar-refractivity contribution in [3.8, 4) is 85.3 Å². The fourth-order valence-corrected chi connectivity index (χ4v) is 7.84. The highest BCUT2D eigenvalue weighted by molar-refractivity contribution is 6.11. The van der Waals surface area contributed by atoms with Crippen LogP contribution < -0.4 is 0 Å². The Hall–Kier alpha value is -8.49. The van der Waals surface area contributed by atoms with E-state index < -0.39 is 0 Å². The highest BCUT2D eigenvalue weighted by Gasteiger charge is 2.22. The topological polar surface area (TPSA) is 95.2 Å². The van der Waals surface area contributed by atoms with Crippen molar-refractivity contribution in [3.05, 3.63) is 206 Å². The number of aromatic nitrogens is 8. The number of hydrogen-bond donors (Lipinski definition) is 0. The molecular weight excluding hydrogens is 749 g/mol. The van der Waals surface area contributed by atoms with Crippen molar-refractivity contribution in [1.29, 1.82) is 0 Å². The van der Waals surface area contributed by atoms with E-state index in [2.05, 4.69) is 65.2 Å². The first kappa shape index (κ1) is 35.7. The third-order valence-electron chi connectivity index (χ3n) is 10.8. The predicted molar refractivity (Wildman–Crippen MR) is 243 cm³/mol. The van der Waals surface area contributed by atoms with Gasteiger partial charge in [-0.15, -0.1) is 0 Å². The molecule has 0 saturated carbocycles. The zero-order valence-corrected chi connectivity index (χ0v) is 32.7. The van der Waals surface area contributed by atoms with Crippen LogP contribution in [0.5, 0.6) is 0 Å². The molecule has 7 aromatic carbocycles. The van der Waals surface area contributed by atoms with E-state index in [1.807, 2.05) is 146 Å². The Labute approximate surface area is 351 Å². The Morgan fingerprint density at radius 3 is 1.26 bits per heavy atom. The highest BCUT2D eigenvalue weighted by Crippen LogP contribution is 2.39. The van der Waals surface area contributed by atoms with Crippen molar-refractivity contribution in [2.75, 3.05) is 0 Å². The van der Waals surface area contributed by atoms with Crippen molar-refractivity contribution in [2.24, 2.45) is 0 Å². The molecule has 0 aliphatic rings. The summed E-state index contributed by atoms with van der Waals surface area (Å²) >= 11 is 0. The number of hydrogen-bond acceptors (Lipinski definition) is 7. The minimum absolute atomic E-state index is 0.551. The van der Waals surface area contributed by atoms with Crippen molar-refractivity contribution < 1.29 is 0 Å². The molecule has 0 amide bonds. The van der Waals surface area contributed by atoms with Crippen LogP contribution in [0.2, 0.25) is 0 Å². The van der Waals surface area contributed by atoms with Crippen LogP contribution in [0.3, 0.4) is 0 Å². The van der Waals surface area contributed by atoms with E-state index in [1.165, 1.54) is 0 Å². The Morgan fingerprint density at radius 2 is 0.738 bits per heavy atom. The summed E-state index contributed by atoms with van der Waals surface area (Å²) in [5.41, 5.74) is 10.1. The van der Waals surface area contributed by atoms with Gasteiger partial charge < -0.3 is 4.57 Å². The summed E-state index contributed by atoms with van der Waals surface area (Å²) in [6.45, 7) is 0. The first-order valence-electron chi connectivity index (χ1n) is 20.1. The molecular formula is C53H34N8. The quantitative estimate of drug-likeness (QED) is 0.151. The fraction of sp³-hybridized carbons (Fsp3) is 0. The van der Waals surface area contributed by atoms with Gasteiger partial charge in [0.15, 0.2) is 34.9 Å². The van der Waals surface area contributed by atoms with Gasteiger partial charge in [-0.2, -0.15) is 0 Å². The van der Waals surface area contributed by atoms with E-state index in [1.54, 1.807) is 0 Å². The molecule has 0 atom stereocenters. The van der Waals surface area contributed by atoms with Gasteiger partial charge >= 0.3 is 0 Å². The molecule has 8 heteroatoms. The van der Waals surface area contributed by atoms with E-state index in [9.17, 15) is 0 Å². The van der Waals surface area contributed by atoms with Crippen LogP contribution in [0.4, 0.5) is 0 Å². The normalized spacial score (nSPS) is 11.3. The van der Waals surface area contributed by atoms with Crippen LogP contribution in [0.25, 0.3) is 107 Å². The van der Waals surface area contributed by atoms with Gasteiger partial charge in [-0.1, -0.05) is 152 Å². The first-order chi connectivity index (χ1) is 30.2. The van der Waals surface area contributed by atoms with E-state index in [4.69, 9.17) is 34.9 Å². The van der Waals surface area contributed by atoms with Crippen LogP contribution in [-0.2, 0) is 0 Å². The summed E-state index contributed by atoms with van der Waals surface area (Å²) in [7, 11) is 0. The summed E-state index contributed by atoms with van der Waals surface area (Å²) < 4.78 is 2.30. The molecule has 0 bridgehead atoms. The second-order valence-corrected chi connectivity index (χ2v) is 14.6. The lowest BCUT2D eigenvalue weighted by atomic mass is 10.0. The molecule has 0 unspecified atom stereocenters. The summed E-state index contributed by atoms with van der Waals surface area (Å²) in [4.78, 5) is 35.2. The number of pyridine rings is 1. The van der Waals surface area contributed by atoms with E-state index >= 15 is 0 Å². The first-order valence-corrected chi connectivity index (χ1v) is 20.1. The zero-order valence-electron chi connectivity index (χ0n) is 32.7. The minimum atomic E-state index is 0.551. The Balaban J connectivity index is 1.14. The minimum Gasteiger partial charge on any atom is -0.309 e. The number of nitrogens with zero attached hydrogens (tertiary/aromatic N) is 8. The maximum atomic E-state index is 5.21. The standard InChI is InChI=1S/C53H34N8/c1-5-17-35(18-6-1)48-55-49(36-19-7-2-8-20-36)58-52(57-48)40-29-31-46-42(34-40)41-25-13-14-27-45(41)61(46)47-30-28-39(44-26-15-16-32-54-44)33-43(47)53-59-50(37-21-9-3-10-22-37)56-51(60-53)38-23-11-4-12-24-38/h1-34H. The Bertz CT molecular complexity index is 3220. The lowest BCUT2D eigenvalue weighted by molar-refractivity contribution is 1.06. The Kier molecular flexibility index (Phi) is 8.98. The van der Waals surface area contributed by atoms with Gasteiger partial charge in [0, 0.05) is 55.9 Å². The molecule has 61 heavy (non-hydrogen) atoms. The lowest BCUT2D eigenvalue weighted by Crippen LogP contribution is -2.04. The number of rotatable bonds is 8. The third kappa shape index (κ3) is 6.78. The van der Waals surface area contributed by atoms with Gasteiger partial charge in [-0.25, -0.2) is 29.9 Å². The van der Waals surface area contributed by atoms with Crippen molar-refractivity contribution in [1.82, 2.24) is 39.5 Å². The maximum Gasteiger partial charge on any atom is 0.166 e. The number of benzene rings is 7. The molecule has 8 nitrogen and oxygen atoms in total. The largest absolute Gasteiger partial charge is 0.309 e. The predicted octanol–water partition coefficient (Wildman–Crippen LogP) is 12.2. The summed E-state index contributed by atoms with van der Waals surface area (Å²) in [6.07, 6.45) is 1.82. The van der Waals surface area contributed by atoms with E-state index in [0.29, 0.717) is 34.9 Å². The van der Waals surface area contributed by atoms with Crippen LogP contribution in [-0.4, -0.2) is 39.5 Å². The van der Waals surface area contributed by atoms with Crippen LogP contribution in [0.1, 0.15) is 0 Å². The van der Waals surface area contributed by atoms with Gasteiger partial charge in [0.25, 0.3) is 0 Å². The molecule has 0 fully saturated rings. The van der Waals surface area contributed by atoms with Gasteiger partial charge in [0.2, 0.25) is 0 Å². The van der Waals surface area contributed by atoms with Gasteiger partial charge in [0.1, 0.15) is 0 Å². The number of fused-ring (bicyclic) bond motifs is 3. The van der Waals surface area contributed by atoms with E-state index in [0.717, 1.165) is 72.1 Å². The molecule has 0 spiro atoms. The molecule has 4 heterocycles. The molecule has 0 aliphatic heterocycles. The molecule has 286 valence electrons. The fourth-order valence-electron chi connectivity index (χ4n) is 7.84. The van der Waals surface area contributed by atoms with Crippen molar-refractivity contribution in [2.45, 2.75) is 0 Å². The molecule has 11 aromatic rings. The Morgan fingerprint density at radius 1 is 0.295 bits per heavy atom. The molecule has 0 aliphatic carbocycles. The summed E-state index contributed by atoms with van der Waals surface area (Å²) in [6, 6.07) is 67.5. The zero-order chi connectivity index (χ0) is 40.5. The smallest absolute Gasteiger partial charge is 0.166 e. The van der Waals surface area contributed by atoms with Gasteiger partial charge in [-0.3, -0.25) is 4.98 Å². The van der Waals surface area contributed by atoms with Crippen molar-refractivity contribution >= 4 is 21.8 Å². The molecule has 0 saturated heterocycles. The summed E-state index contributed by atoms with van der Waals surface area (Å²) in [5.74, 6) is 3.56. The second kappa shape index (κ2) is 15.4. The molecule has 0 N–H and O–H groups in total. The number of para-hydroxylation sites is 1. The third-order valence-corrected chi connectivity index (χ3v) is 10.8. The van der Waals surface area contributed by atoms with Gasteiger partial charge in [-0.05, 0) is 48.5 Å². The monoisotopic (exact) mass is 782 g/mol. The highest BCUT2D eigenvalue weighted by atomic mass is 15.1. The average molecular weight is 783 g/mol. The average Bonchev–Trinajstić information content (AvgIpc) is 3.68. The molecule has 0 radical (unpaired) electrons. The van der Waals surface area contributed by atoms with Crippen LogP contribution >= 0.6 is 0 Å². The van der Waals surface area contributed by atoms with E-state index in [-0.39, 0.29) is 0 Å². The maximum absolute atomic E-state index is 5.21. The lowest BCUT2D eigenvalue weighted by Gasteiger charge is -2.16. The van der Waals surface area contributed by atoms with Crippen LogP contribution in [0, 0.1) is 0 Å². The SMILES string of the molecule is c1ccc(-c2nc(-c3ccccc3)nc(-c3ccc4c(c3)c3ccccc3n4-c3ccc(-c4ccccn4)cc3-c3nc(-c4ccccc4)nc(-c4ccccc4)n3)n2)cc1. The molecule has 4 aromatic heterocycles. The second-order valence-electron chi connectivity index (χ2n) is 14.6. The van der Waals surface area contributed by atoms with Gasteiger partial charge in [0.05, 0.1) is 22.4 Å². The summed E-state index contributed by atoms with van der Waals surface area (Å²) in [5, 5.41) is 2.15.